The summed E-state index contributed by atoms with van der Waals surface area (Å²) in [7, 11) is 0. The zero-order valence-corrected chi connectivity index (χ0v) is 9.32. The van der Waals surface area contributed by atoms with E-state index in [9.17, 15) is 4.79 Å². The Morgan fingerprint density at radius 3 is 2.93 bits per heavy atom. The molecule has 0 spiro atoms. The summed E-state index contributed by atoms with van der Waals surface area (Å²) in [6.07, 6.45) is 1.84. The summed E-state index contributed by atoms with van der Waals surface area (Å²) < 4.78 is 5.54. The van der Waals surface area contributed by atoms with E-state index in [0.29, 0.717) is 6.61 Å². The number of ether oxygens (including phenoxy) is 1. The molecule has 2 heterocycles. The van der Waals surface area contributed by atoms with Crippen LogP contribution in [0.1, 0.15) is 35.0 Å². The Labute approximate surface area is 87.9 Å². The first-order chi connectivity index (χ1) is 6.63. The fourth-order valence-electron chi connectivity index (χ4n) is 1.86. The van der Waals surface area contributed by atoms with Gasteiger partial charge in [-0.15, -0.1) is 11.3 Å². The lowest BCUT2D eigenvalue weighted by Crippen LogP contribution is -2.34. The van der Waals surface area contributed by atoms with Crippen molar-refractivity contribution in [3.63, 3.8) is 0 Å². The molecule has 1 atom stereocenters. The van der Waals surface area contributed by atoms with E-state index < -0.39 is 5.60 Å². The molecule has 1 aromatic heterocycles. The second kappa shape index (κ2) is 3.48. The van der Waals surface area contributed by atoms with Crippen molar-refractivity contribution in [2.24, 2.45) is 0 Å². The van der Waals surface area contributed by atoms with Crippen LogP contribution in [0.15, 0.2) is 11.4 Å². The van der Waals surface area contributed by atoms with Crippen LogP contribution in [0.2, 0.25) is 0 Å². The summed E-state index contributed by atoms with van der Waals surface area (Å²) in [6, 6.07) is 1.90. The monoisotopic (exact) mass is 210 g/mol. The van der Waals surface area contributed by atoms with Crippen LogP contribution in [0.5, 0.6) is 0 Å². The fourth-order valence-corrected chi connectivity index (χ4v) is 2.56. The maximum Gasteiger partial charge on any atom is 0.195 e. The van der Waals surface area contributed by atoms with Crippen LogP contribution in [0.3, 0.4) is 0 Å². The van der Waals surface area contributed by atoms with Crippen LogP contribution in [-0.2, 0) is 4.74 Å². The van der Waals surface area contributed by atoms with Crippen LogP contribution >= 0.6 is 11.3 Å². The minimum atomic E-state index is -0.564. The highest BCUT2D eigenvalue weighted by molar-refractivity contribution is 7.10. The number of Topliss-reactive ketones (excluding diaryl/α,β-unsaturated/α-hetero) is 1. The van der Waals surface area contributed by atoms with Gasteiger partial charge in [-0.2, -0.15) is 0 Å². The van der Waals surface area contributed by atoms with Crippen molar-refractivity contribution in [2.75, 3.05) is 6.61 Å². The summed E-state index contributed by atoms with van der Waals surface area (Å²) >= 11 is 1.61. The van der Waals surface area contributed by atoms with Crippen LogP contribution in [0.25, 0.3) is 0 Å². The molecule has 1 saturated heterocycles. The molecule has 1 aliphatic heterocycles. The second-order valence-corrected chi connectivity index (χ2v) is 5.02. The Bertz CT molecular complexity index is 348. The lowest BCUT2D eigenvalue weighted by atomic mass is 9.92. The molecule has 0 aromatic carbocycles. The van der Waals surface area contributed by atoms with E-state index in [2.05, 4.69) is 0 Å². The van der Waals surface area contributed by atoms with Crippen molar-refractivity contribution in [3.8, 4) is 0 Å². The van der Waals surface area contributed by atoms with Gasteiger partial charge < -0.3 is 4.74 Å². The Hall–Kier alpha value is -0.670. The summed E-state index contributed by atoms with van der Waals surface area (Å²) in [5, 5.41) is 1.96. The molecule has 0 saturated carbocycles. The lowest BCUT2D eigenvalue weighted by molar-refractivity contribution is 0.0213. The van der Waals surface area contributed by atoms with E-state index in [0.717, 1.165) is 23.3 Å². The van der Waals surface area contributed by atoms with Gasteiger partial charge in [-0.05, 0) is 38.1 Å². The van der Waals surface area contributed by atoms with Crippen molar-refractivity contribution in [1.82, 2.24) is 0 Å². The normalized spacial score (nSPS) is 26.7. The number of thiophene rings is 1. The number of hydrogen-bond acceptors (Lipinski definition) is 3. The zero-order chi connectivity index (χ0) is 10.2. The Morgan fingerprint density at radius 2 is 2.43 bits per heavy atom. The predicted molar refractivity (Wildman–Crippen MR) is 57.0 cm³/mol. The molecule has 1 unspecified atom stereocenters. The molecule has 0 radical (unpaired) electrons. The van der Waals surface area contributed by atoms with Gasteiger partial charge in [0.05, 0.1) is 0 Å². The van der Waals surface area contributed by atoms with E-state index in [1.807, 2.05) is 25.3 Å². The molecular weight excluding hydrogens is 196 g/mol. The molecule has 2 rings (SSSR count). The molecule has 14 heavy (non-hydrogen) atoms. The standard InChI is InChI=1S/C11H14O2S/c1-8-9(4-7-14-8)10(12)11(2)5-3-6-13-11/h4,7H,3,5-6H2,1-2H3. The minimum Gasteiger partial charge on any atom is -0.367 e. The minimum absolute atomic E-state index is 0.147. The number of carbonyl (C=O) groups excluding carboxylic acids is 1. The quantitative estimate of drug-likeness (QED) is 0.702. The first kappa shape index (κ1) is 9.87. The molecule has 0 amide bonds. The summed E-state index contributed by atoms with van der Waals surface area (Å²) in [5.41, 5.74) is 0.269. The Kier molecular flexibility index (Phi) is 2.45. The molecule has 0 bridgehead atoms. The highest BCUT2D eigenvalue weighted by Crippen LogP contribution is 2.31. The van der Waals surface area contributed by atoms with Gasteiger partial charge in [-0.3, -0.25) is 4.79 Å². The van der Waals surface area contributed by atoms with Crippen molar-refractivity contribution < 1.29 is 9.53 Å². The van der Waals surface area contributed by atoms with Gasteiger partial charge in [-0.1, -0.05) is 0 Å². The van der Waals surface area contributed by atoms with Gasteiger partial charge in [0.1, 0.15) is 5.60 Å². The second-order valence-electron chi connectivity index (χ2n) is 3.90. The molecule has 1 fully saturated rings. The van der Waals surface area contributed by atoms with Gasteiger partial charge in [0, 0.05) is 17.0 Å². The van der Waals surface area contributed by atoms with Crippen LogP contribution in [0.4, 0.5) is 0 Å². The van der Waals surface area contributed by atoms with Crippen molar-refractivity contribution in [2.45, 2.75) is 32.3 Å². The maximum atomic E-state index is 12.1. The molecule has 0 N–H and O–H groups in total. The third-order valence-corrected chi connectivity index (χ3v) is 3.65. The highest BCUT2D eigenvalue weighted by Gasteiger charge is 2.38. The fraction of sp³-hybridized carbons (Fsp3) is 0.545. The van der Waals surface area contributed by atoms with E-state index in [4.69, 9.17) is 4.74 Å². The topological polar surface area (TPSA) is 26.3 Å². The number of hydrogen-bond donors (Lipinski definition) is 0. The molecule has 0 aliphatic carbocycles. The lowest BCUT2D eigenvalue weighted by Gasteiger charge is -2.21. The highest BCUT2D eigenvalue weighted by atomic mass is 32.1. The zero-order valence-electron chi connectivity index (χ0n) is 8.50. The first-order valence-corrected chi connectivity index (χ1v) is 5.74. The van der Waals surface area contributed by atoms with E-state index in [1.165, 1.54) is 0 Å². The van der Waals surface area contributed by atoms with E-state index in [1.54, 1.807) is 11.3 Å². The van der Waals surface area contributed by atoms with Crippen LogP contribution < -0.4 is 0 Å². The third kappa shape index (κ3) is 1.51. The van der Waals surface area contributed by atoms with Crippen LogP contribution in [0, 0.1) is 6.92 Å². The number of carbonyl (C=O) groups is 1. The Balaban J connectivity index is 2.28. The largest absolute Gasteiger partial charge is 0.367 e. The Morgan fingerprint density at radius 1 is 1.64 bits per heavy atom. The van der Waals surface area contributed by atoms with Crippen molar-refractivity contribution >= 4 is 17.1 Å². The van der Waals surface area contributed by atoms with Gasteiger partial charge >= 0.3 is 0 Å². The average molecular weight is 210 g/mol. The molecule has 2 nitrogen and oxygen atoms in total. The SMILES string of the molecule is Cc1sccc1C(=O)C1(C)CCCO1. The molecular formula is C11H14O2S. The van der Waals surface area contributed by atoms with E-state index >= 15 is 0 Å². The number of ketones is 1. The van der Waals surface area contributed by atoms with Crippen LogP contribution in [-0.4, -0.2) is 18.0 Å². The number of aryl methyl sites for hydroxylation is 1. The van der Waals surface area contributed by atoms with Crippen molar-refractivity contribution in [3.05, 3.63) is 21.9 Å². The van der Waals surface area contributed by atoms with Crippen molar-refractivity contribution in [1.29, 1.82) is 0 Å². The third-order valence-electron chi connectivity index (χ3n) is 2.80. The maximum absolute atomic E-state index is 12.1. The molecule has 3 heteroatoms. The van der Waals surface area contributed by atoms with Gasteiger partial charge in [0.15, 0.2) is 5.78 Å². The smallest absolute Gasteiger partial charge is 0.195 e. The summed E-state index contributed by atoms with van der Waals surface area (Å²) in [5.74, 6) is 0.147. The van der Waals surface area contributed by atoms with E-state index in [-0.39, 0.29) is 5.78 Å². The molecule has 1 aliphatic rings. The summed E-state index contributed by atoms with van der Waals surface area (Å²) in [4.78, 5) is 13.2. The predicted octanol–water partition coefficient (Wildman–Crippen LogP) is 2.81. The van der Waals surface area contributed by atoms with Gasteiger partial charge in [-0.25, -0.2) is 0 Å². The first-order valence-electron chi connectivity index (χ1n) is 4.86. The van der Waals surface area contributed by atoms with Gasteiger partial charge in [0.25, 0.3) is 0 Å². The summed E-state index contributed by atoms with van der Waals surface area (Å²) in [6.45, 7) is 4.60. The average Bonchev–Trinajstić information content (AvgIpc) is 2.74. The van der Waals surface area contributed by atoms with Gasteiger partial charge in [0.2, 0.25) is 0 Å². The molecule has 76 valence electrons. The number of rotatable bonds is 2. The molecule has 1 aromatic rings.